The van der Waals surface area contributed by atoms with Gasteiger partial charge in [-0.25, -0.2) is 12.4 Å². The molecule has 3 rings (SSSR count). The van der Waals surface area contributed by atoms with Crippen molar-refractivity contribution in [2.24, 2.45) is 0 Å². The lowest BCUT2D eigenvalue weighted by molar-refractivity contribution is -0.384. The number of benzene rings is 1. The van der Waals surface area contributed by atoms with E-state index in [4.69, 9.17) is 0 Å². The van der Waals surface area contributed by atoms with Crippen molar-refractivity contribution in [3.63, 3.8) is 0 Å². The Hall–Kier alpha value is -1.93. The Labute approximate surface area is 121 Å². The summed E-state index contributed by atoms with van der Waals surface area (Å²) in [6, 6.07) is 6.05. The molecule has 1 saturated heterocycles. The van der Waals surface area contributed by atoms with Crippen molar-refractivity contribution < 1.29 is 13.3 Å². The van der Waals surface area contributed by atoms with Gasteiger partial charge >= 0.3 is 0 Å². The molecule has 1 aromatic heterocycles. The van der Waals surface area contributed by atoms with Crippen molar-refractivity contribution in [1.82, 2.24) is 9.29 Å². The predicted molar refractivity (Wildman–Crippen MR) is 78.8 cm³/mol. The van der Waals surface area contributed by atoms with E-state index in [2.05, 4.69) is 5.32 Å². The maximum atomic E-state index is 12.1. The van der Waals surface area contributed by atoms with Crippen LogP contribution in [0.4, 0.5) is 5.69 Å². The van der Waals surface area contributed by atoms with Crippen molar-refractivity contribution >= 4 is 26.6 Å². The van der Waals surface area contributed by atoms with E-state index in [0.29, 0.717) is 16.6 Å². The molecule has 1 atom stereocenters. The Kier molecular flexibility index (Phi) is 3.22. The summed E-state index contributed by atoms with van der Waals surface area (Å²) in [5.41, 5.74) is 0.886. The van der Waals surface area contributed by atoms with Crippen molar-refractivity contribution in [2.45, 2.75) is 18.9 Å². The summed E-state index contributed by atoms with van der Waals surface area (Å²) in [5, 5.41) is 14.9. The van der Waals surface area contributed by atoms with E-state index < -0.39 is 14.9 Å². The number of nitro benzene ring substituents is 1. The van der Waals surface area contributed by atoms with E-state index in [1.165, 1.54) is 16.1 Å². The van der Waals surface area contributed by atoms with Crippen LogP contribution in [0, 0.1) is 10.1 Å². The van der Waals surface area contributed by atoms with Gasteiger partial charge in [-0.05, 0) is 31.5 Å². The second kappa shape index (κ2) is 4.81. The summed E-state index contributed by atoms with van der Waals surface area (Å²) in [4.78, 5) is 10.4. The number of nitrogens with one attached hydrogen (secondary N) is 1. The van der Waals surface area contributed by atoms with Crippen molar-refractivity contribution in [1.29, 1.82) is 0 Å². The molecular formula is C13H15N3O4S. The molecule has 21 heavy (non-hydrogen) atoms. The van der Waals surface area contributed by atoms with Crippen LogP contribution in [-0.4, -0.2) is 30.1 Å². The molecule has 2 heterocycles. The Morgan fingerprint density at radius 3 is 2.71 bits per heavy atom. The van der Waals surface area contributed by atoms with Gasteiger partial charge in [0.25, 0.3) is 5.69 Å². The van der Waals surface area contributed by atoms with E-state index in [-0.39, 0.29) is 11.7 Å². The van der Waals surface area contributed by atoms with Gasteiger partial charge in [0.05, 0.1) is 22.4 Å². The molecule has 1 fully saturated rings. The van der Waals surface area contributed by atoms with Gasteiger partial charge in [-0.1, -0.05) is 0 Å². The van der Waals surface area contributed by atoms with Crippen molar-refractivity contribution in [2.75, 3.05) is 12.8 Å². The lowest BCUT2D eigenvalue weighted by atomic mass is 10.1. The highest BCUT2D eigenvalue weighted by Crippen LogP contribution is 2.32. The molecule has 1 N–H and O–H groups in total. The molecule has 0 unspecified atom stereocenters. The fourth-order valence-corrected chi connectivity index (χ4v) is 3.93. The Morgan fingerprint density at radius 2 is 2.14 bits per heavy atom. The van der Waals surface area contributed by atoms with Gasteiger partial charge < -0.3 is 5.32 Å². The summed E-state index contributed by atoms with van der Waals surface area (Å²) in [5.74, 6) is 0. The average Bonchev–Trinajstić information content (AvgIpc) is 3.03. The summed E-state index contributed by atoms with van der Waals surface area (Å²) in [7, 11) is -3.54. The molecule has 0 aliphatic carbocycles. The Bertz CT molecular complexity index is 819. The zero-order chi connectivity index (χ0) is 15.2. The van der Waals surface area contributed by atoms with Crippen LogP contribution < -0.4 is 5.32 Å². The van der Waals surface area contributed by atoms with Crippen LogP contribution in [0.3, 0.4) is 0 Å². The van der Waals surface area contributed by atoms with E-state index in [0.717, 1.165) is 25.6 Å². The number of rotatable bonds is 3. The van der Waals surface area contributed by atoms with Crippen LogP contribution in [0.2, 0.25) is 0 Å². The molecule has 0 saturated carbocycles. The monoisotopic (exact) mass is 309 g/mol. The van der Waals surface area contributed by atoms with E-state index >= 15 is 0 Å². The van der Waals surface area contributed by atoms with E-state index in [1.807, 2.05) is 0 Å². The molecule has 0 spiro atoms. The fourth-order valence-electron chi connectivity index (χ4n) is 2.85. The standard InChI is InChI=1S/C13H15N3O4S/c1-21(19,20)15-12-8-10(16(17)18)5-4-9(12)7-13(15)11-3-2-6-14-11/h4-5,7-8,11,14H,2-3,6H2,1H3/t11-/m1/s1. The molecule has 1 aliphatic rings. The third-order valence-electron chi connectivity index (χ3n) is 3.73. The lowest BCUT2D eigenvalue weighted by Crippen LogP contribution is -2.20. The summed E-state index contributed by atoms with van der Waals surface area (Å²) < 4.78 is 25.5. The van der Waals surface area contributed by atoms with Crippen LogP contribution in [0.15, 0.2) is 24.3 Å². The van der Waals surface area contributed by atoms with Crippen LogP contribution in [0.1, 0.15) is 24.6 Å². The van der Waals surface area contributed by atoms with Crippen LogP contribution in [-0.2, 0) is 10.0 Å². The van der Waals surface area contributed by atoms with Crippen molar-refractivity contribution in [3.8, 4) is 0 Å². The second-order valence-electron chi connectivity index (χ2n) is 5.25. The molecule has 1 aromatic carbocycles. The Morgan fingerprint density at radius 1 is 1.38 bits per heavy atom. The zero-order valence-electron chi connectivity index (χ0n) is 11.4. The quantitative estimate of drug-likeness (QED) is 0.689. The summed E-state index contributed by atoms with van der Waals surface area (Å²) >= 11 is 0. The van der Waals surface area contributed by atoms with Gasteiger partial charge in [0.1, 0.15) is 0 Å². The molecule has 8 heteroatoms. The third-order valence-corrected chi connectivity index (χ3v) is 4.80. The smallest absolute Gasteiger partial charge is 0.271 e. The molecular weight excluding hydrogens is 294 g/mol. The third kappa shape index (κ3) is 2.40. The molecule has 0 bridgehead atoms. The van der Waals surface area contributed by atoms with Crippen molar-refractivity contribution in [3.05, 3.63) is 40.1 Å². The molecule has 2 aromatic rings. The number of nitrogens with zero attached hydrogens (tertiary/aromatic N) is 2. The maximum Gasteiger partial charge on any atom is 0.271 e. The van der Waals surface area contributed by atoms with Gasteiger partial charge in [0, 0.05) is 23.6 Å². The molecule has 1 aliphatic heterocycles. The molecule has 112 valence electrons. The topological polar surface area (TPSA) is 94.2 Å². The first-order chi connectivity index (χ1) is 9.88. The first kappa shape index (κ1) is 14.0. The first-order valence-electron chi connectivity index (χ1n) is 6.61. The maximum absolute atomic E-state index is 12.1. The minimum atomic E-state index is -3.54. The summed E-state index contributed by atoms with van der Waals surface area (Å²) in [6.45, 7) is 0.843. The number of non-ortho nitro benzene ring substituents is 1. The minimum absolute atomic E-state index is 0.0359. The fraction of sp³-hybridized carbons (Fsp3) is 0.385. The van der Waals surface area contributed by atoms with E-state index in [1.54, 1.807) is 12.1 Å². The average molecular weight is 309 g/mol. The summed E-state index contributed by atoms with van der Waals surface area (Å²) in [6.07, 6.45) is 2.95. The number of fused-ring (bicyclic) bond motifs is 1. The van der Waals surface area contributed by atoms with Gasteiger partial charge in [-0.2, -0.15) is 0 Å². The molecule has 0 amide bonds. The number of hydrogen-bond donors (Lipinski definition) is 1. The minimum Gasteiger partial charge on any atom is -0.309 e. The van der Waals surface area contributed by atoms with Gasteiger partial charge in [0.2, 0.25) is 10.0 Å². The highest BCUT2D eigenvalue weighted by molar-refractivity contribution is 7.89. The normalized spacial score (nSPS) is 19.2. The van der Waals surface area contributed by atoms with Crippen LogP contribution in [0.25, 0.3) is 10.9 Å². The first-order valence-corrected chi connectivity index (χ1v) is 8.46. The molecule has 7 nitrogen and oxygen atoms in total. The van der Waals surface area contributed by atoms with Gasteiger partial charge in [-0.3, -0.25) is 10.1 Å². The predicted octanol–water partition coefficient (Wildman–Crippen LogP) is 1.78. The largest absolute Gasteiger partial charge is 0.309 e. The highest BCUT2D eigenvalue weighted by atomic mass is 32.2. The molecule has 0 radical (unpaired) electrons. The van der Waals surface area contributed by atoms with Gasteiger partial charge in [0.15, 0.2) is 0 Å². The number of hydrogen-bond acceptors (Lipinski definition) is 5. The van der Waals surface area contributed by atoms with E-state index in [9.17, 15) is 18.5 Å². The zero-order valence-corrected chi connectivity index (χ0v) is 12.3. The van der Waals surface area contributed by atoms with Gasteiger partial charge in [-0.15, -0.1) is 0 Å². The van der Waals surface area contributed by atoms with Crippen LogP contribution >= 0.6 is 0 Å². The van der Waals surface area contributed by atoms with Crippen LogP contribution in [0.5, 0.6) is 0 Å². The second-order valence-corrected chi connectivity index (χ2v) is 7.08. The SMILES string of the molecule is CS(=O)(=O)n1c([C@H]2CCCN2)cc2ccc([N+](=O)[O-])cc21. The highest BCUT2D eigenvalue weighted by Gasteiger charge is 2.26. The number of aromatic nitrogens is 1. The lowest BCUT2D eigenvalue weighted by Gasteiger charge is -2.13. The Balaban J connectivity index is 2.30. The number of nitro groups is 1.